The van der Waals surface area contributed by atoms with Crippen molar-refractivity contribution in [2.24, 2.45) is 5.41 Å². The van der Waals surface area contributed by atoms with Crippen molar-refractivity contribution in [2.75, 3.05) is 37.6 Å². The van der Waals surface area contributed by atoms with Crippen molar-refractivity contribution in [3.63, 3.8) is 0 Å². The zero-order valence-electron chi connectivity index (χ0n) is 20.9. The van der Waals surface area contributed by atoms with Crippen LogP contribution in [0.15, 0.2) is 42.5 Å². The number of nitrogens with one attached hydrogen (secondary N) is 2. The highest BCUT2D eigenvalue weighted by Crippen LogP contribution is 2.37. The Labute approximate surface area is 208 Å². The molecule has 1 aromatic heterocycles. The first-order chi connectivity index (χ1) is 17.1. The van der Waals surface area contributed by atoms with Gasteiger partial charge in [0.25, 0.3) is 0 Å². The Morgan fingerprint density at radius 1 is 1.00 bits per heavy atom. The Morgan fingerprint density at radius 2 is 1.64 bits per heavy atom. The van der Waals surface area contributed by atoms with Gasteiger partial charge in [0.05, 0.1) is 6.54 Å². The van der Waals surface area contributed by atoms with Crippen molar-refractivity contribution in [3.05, 3.63) is 65.4 Å². The fourth-order valence-electron chi connectivity index (χ4n) is 5.22. The standard InChI is InChI=1S/C14H15F3N2.C11H12F2N2.C2H6/c1-9-6-11-10-4-2-3-5-12(10)18-13(11)7-19(9)8-14(15,16)17;12-8-1-9(13)3-10(2-8)15-6-11(7-15)4-14-5-11;1-2/h2-5,9,18H,6-8H2,1H3;1-3,14H,4-7H2;1-2H3. The van der Waals surface area contributed by atoms with Crippen molar-refractivity contribution in [3.8, 4) is 0 Å². The van der Waals surface area contributed by atoms with Crippen LogP contribution in [0.5, 0.6) is 0 Å². The smallest absolute Gasteiger partial charge is 0.370 e. The van der Waals surface area contributed by atoms with E-state index in [1.807, 2.05) is 49.9 Å². The van der Waals surface area contributed by atoms with E-state index in [1.54, 1.807) is 0 Å². The van der Waals surface area contributed by atoms with Crippen molar-refractivity contribution in [1.29, 1.82) is 0 Å². The highest BCUT2D eigenvalue weighted by Gasteiger charge is 2.47. The topological polar surface area (TPSA) is 34.3 Å². The number of anilines is 1. The Balaban J connectivity index is 0.000000162. The van der Waals surface area contributed by atoms with Gasteiger partial charge in [-0.3, -0.25) is 4.90 Å². The third-order valence-corrected chi connectivity index (χ3v) is 7.03. The summed E-state index contributed by atoms with van der Waals surface area (Å²) in [5, 5.41) is 4.36. The molecule has 0 amide bonds. The summed E-state index contributed by atoms with van der Waals surface area (Å²) in [5.74, 6) is -1.00. The number of nitrogens with zero attached hydrogens (tertiary/aromatic N) is 2. The number of rotatable bonds is 2. The number of H-pyrrole nitrogens is 1. The third kappa shape index (κ3) is 5.67. The van der Waals surface area contributed by atoms with E-state index in [4.69, 9.17) is 0 Å². The SMILES string of the molecule is CC.CC1Cc2c([nH]c3ccccc23)CN1CC(F)(F)F.Fc1cc(F)cc(N2CC3(CNC3)C2)c1. The first kappa shape index (κ1) is 26.4. The van der Waals surface area contributed by atoms with Gasteiger partial charge in [0.2, 0.25) is 0 Å². The fourth-order valence-corrected chi connectivity index (χ4v) is 5.22. The molecule has 1 unspecified atom stereocenters. The second kappa shape index (κ2) is 10.4. The number of alkyl halides is 3. The molecule has 0 bridgehead atoms. The third-order valence-electron chi connectivity index (χ3n) is 7.03. The fraction of sp³-hybridized carbons (Fsp3) is 0.481. The van der Waals surface area contributed by atoms with Crippen LogP contribution in [0, 0.1) is 17.0 Å². The normalized spacial score (nSPS) is 20.4. The lowest BCUT2D eigenvalue weighted by atomic mass is 9.74. The molecule has 2 aromatic carbocycles. The summed E-state index contributed by atoms with van der Waals surface area (Å²) in [5.41, 5.74) is 4.13. The van der Waals surface area contributed by atoms with Gasteiger partial charge in [-0.25, -0.2) is 8.78 Å². The van der Waals surface area contributed by atoms with Crippen LogP contribution in [0.1, 0.15) is 32.0 Å². The van der Waals surface area contributed by atoms with Crippen LogP contribution in [0.3, 0.4) is 0 Å². The van der Waals surface area contributed by atoms with Gasteiger partial charge >= 0.3 is 6.18 Å². The first-order valence-electron chi connectivity index (χ1n) is 12.4. The minimum atomic E-state index is -4.14. The minimum absolute atomic E-state index is 0.0895. The first-order valence-corrected chi connectivity index (χ1v) is 12.4. The molecule has 3 aromatic rings. The van der Waals surface area contributed by atoms with Crippen LogP contribution in [-0.4, -0.2) is 54.8 Å². The highest BCUT2D eigenvalue weighted by molar-refractivity contribution is 5.84. The molecule has 196 valence electrons. The quantitative estimate of drug-likeness (QED) is 0.425. The molecule has 9 heteroatoms. The van der Waals surface area contributed by atoms with Gasteiger partial charge in [-0.1, -0.05) is 32.0 Å². The van der Waals surface area contributed by atoms with Crippen LogP contribution in [-0.2, 0) is 13.0 Å². The Morgan fingerprint density at radius 3 is 2.22 bits per heavy atom. The maximum atomic E-state index is 13.0. The summed E-state index contributed by atoms with van der Waals surface area (Å²) >= 11 is 0. The van der Waals surface area contributed by atoms with E-state index in [-0.39, 0.29) is 6.04 Å². The molecule has 1 spiro atoms. The van der Waals surface area contributed by atoms with E-state index < -0.39 is 24.4 Å². The number of halogens is 5. The molecule has 0 aliphatic carbocycles. The molecule has 6 rings (SSSR count). The molecular formula is C27H33F5N4. The van der Waals surface area contributed by atoms with Gasteiger partial charge < -0.3 is 15.2 Å². The molecule has 0 saturated carbocycles. The van der Waals surface area contributed by atoms with Crippen LogP contribution < -0.4 is 10.2 Å². The number of benzene rings is 2. The molecule has 1 atom stereocenters. The average Bonchev–Trinajstić information content (AvgIpc) is 3.10. The lowest BCUT2D eigenvalue weighted by molar-refractivity contribution is -0.152. The van der Waals surface area contributed by atoms with E-state index >= 15 is 0 Å². The van der Waals surface area contributed by atoms with E-state index in [9.17, 15) is 22.0 Å². The number of para-hydroxylation sites is 1. The second-order valence-corrected chi connectivity index (χ2v) is 9.79. The molecule has 36 heavy (non-hydrogen) atoms. The molecule has 2 fully saturated rings. The van der Waals surface area contributed by atoms with E-state index in [0.29, 0.717) is 24.1 Å². The molecule has 2 N–H and O–H groups in total. The van der Waals surface area contributed by atoms with Crippen molar-refractivity contribution < 1.29 is 22.0 Å². The molecule has 4 nitrogen and oxygen atoms in total. The minimum Gasteiger partial charge on any atom is -0.370 e. The monoisotopic (exact) mass is 508 g/mol. The molecule has 3 aliphatic heterocycles. The highest BCUT2D eigenvalue weighted by atomic mass is 19.4. The summed E-state index contributed by atoms with van der Waals surface area (Å²) in [6.07, 6.45) is -3.48. The molecule has 0 radical (unpaired) electrons. The molecule has 3 aliphatic rings. The maximum Gasteiger partial charge on any atom is 0.401 e. The summed E-state index contributed by atoms with van der Waals surface area (Å²) in [6, 6.07) is 11.5. The second-order valence-electron chi connectivity index (χ2n) is 9.79. The van der Waals surface area contributed by atoms with Gasteiger partial charge in [0.1, 0.15) is 11.6 Å². The van der Waals surface area contributed by atoms with E-state index in [1.165, 1.54) is 22.6 Å². The predicted molar refractivity (Wildman–Crippen MR) is 133 cm³/mol. The van der Waals surface area contributed by atoms with Crippen LogP contribution in [0.2, 0.25) is 0 Å². The van der Waals surface area contributed by atoms with Crippen molar-refractivity contribution in [2.45, 2.75) is 46.0 Å². The number of fused-ring (bicyclic) bond motifs is 3. The molecule has 2 saturated heterocycles. The Hall–Kier alpha value is -2.65. The zero-order chi connectivity index (χ0) is 26.1. The Kier molecular flexibility index (Phi) is 7.61. The summed E-state index contributed by atoms with van der Waals surface area (Å²) in [4.78, 5) is 6.75. The average molecular weight is 509 g/mol. The zero-order valence-corrected chi connectivity index (χ0v) is 20.9. The lowest BCUT2D eigenvalue weighted by Gasteiger charge is -2.57. The number of aromatic amines is 1. The molecular weight excluding hydrogens is 475 g/mol. The predicted octanol–water partition coefficient (Wildman–Crippen LogP) is 5.88. The number of aromatic nitrogens is 1. The van der Waals surface area contributed by atoms with Gasteiger partial charge in [-0.2, -0.15) is 13.2 Å². The van der Waals surface area contributed by atoms with Crippen molar-refractivity contribution >= 4 is 16.6 Å². The molecule has 4 heterocycles. The van der Waals surface area contributed by atoms with Gasteiger partial charge in [0, 0.05) is 72.5 Å². The van der Waals surface area contributed by atoms with Crippen LogP contribution in [0.4, 0.5) is 27.6 Å². The largest absolute Gasteiger partial charge is 0.401 e. The Bertz CT molecular complexity index is 1160. The van der Waals surface area contributed by atoms with E-state index in [2.05, 4.69) is 10.3 Å². The van der Waals surface area contributed by atoms with Gasteiger partial charge in [0.15, 0.2) is 0 Å². The van der Waals surface area contributed by atoms with Crippen LogP contribution >= 0.6 is 0 Å². The van der Waals surface area contributed by atoms with Crippen LogP contribution in [0.25, 0.3) is 10.9 Å². The van der Waals surface area contributed by atoms with Gasteiger partial charge in [-0.05, 0) is 37.1 Å². The lowest BCUT2D eigenvalue weighted by Crippen LogP contribution is -2.71. The summed E-state index contributed by atoms with van der Waals surface area (Å²) < 4.78 is 63.5. The van der Waals surface area contributed by atoms with E-state index in [0.717, 1.165) is 48.8 Å². The summed E-state index contributed by atoms with van der Waals surface area (Å²) in [7, 11) is 0. The van der Waals surface area contributed by atoms with Gasteiger partial charge in [-0.15, -0.1) is 0 Å². The number of hydrogen-bond donors (Lipinski definition) is 2. The van der Waals surface area contributed by atoms with Crippen molar-refractivity contribution in [1.82, 2.24) is 15.2 Å². The maximum absolute atomic E-state index is 13.0. The summed E-state index contributed by atoms with van der Waals surface area (Å²) in [6.45, 7) is 9.22. The number of hydrogen-bond acceptors (Lipinski definition) is 3.